The van der Waals surface area contributed by atoms with Crippen molar-refractivity contribution in [1.82, 2.24) is 30.6 Å². The van der Waals surface area contributed by atoms with Gasteiger partial charge in [0.1, 0.15) is 6.54 Å². The lowest BCUT2D eigenvalue weighted by molar-refractivity contribution is -0.121. The van der Waals surface area contributed by atoms with Crippen LogP contribution < -0.4 is 32.8 Å². The molecule has 2 aromatic heterocycles. The van der Waals surface area contributed by atoms with Gasteiger partial charge in [-0.05, 0) is 37.8 Å². The molecule has 0 aliphatic rings. The van der Waals surface area contributed by atoms with Crippen LogP contribution in [-0.4, -0.2) is 33.0 Å². The number of rotatable bonds is 8. The van der Waals surface area contributed by atoms with Crippen LogP contribution in [0, 0.1) is 19.3 Å². The highest BCUT2D eigenvalue weighted by Gasteiger charge is 2.14. The number of pyridine rings is 1. The van der Waals surface area contributed by atoms with Crippen LogP contribution in [0.3, 0.4) is 0 Å². The molecule has 0 saturated heterocycles. The van der Waals surface area contributed by atoms with Crippen molar-refractivity contribution in [2.24, 2.45) is 5.41 Å². The second-order valence-electron chi connectivity index (χ2n) is 8.72. The number of nitrogens with two attached hydrogens (primary N) is 1. The van der Waals surface area contributed by atoms with Gasteiger partial charge in [0.25, 0.3) is 5.56 Å². The first-order valence-corrected chi connectivity index (χ1v) is 10.3. The fourth-order valence-corrected chi connectivity index (χ4v) is 2.71. The molecule has 0 aliphatic carbocycles. The third-order valence-electron chi connectivity index (χ3n) is 4.61. The Morgan fingerprint density at radius 2 is 1.88 bits per heavy atom. The predicted octanol–water partition coefficient (Wildman–Crippen LogP) is 1.22. The van der Waals surface area contributed by atoms with E-state index in [9.17, 15) is 14.4 Å². The highest BCUT2D eigenvalue weighted by Crippen LogP contribution is 2.16. The van der Waals surface area contributed by atoms with Gasteiger partial charge in [-0.15, -0.1) is 0 Å². The van der Waals surface area contributed by atoms with Gasteiger partial charge in [-0.1, -0.05) is 20.8 Å². The van der Waals surface area contributed by atoms with Crippen LogP contribution in [0.1, 0.15) is 44.3 Å². The van der Waals surface area contributed by atoms with E-state index in [1.165, 1.54) is 10.8 Å². The summed E-state index contributed by atoms with van der Waals surface area (Å²) >= 11 is 0. The van der Waals surface area contributed by atoms with Gasteiger partial charge >= 0.3 is 6.03 Å². The van der Waals surface area contributed by atoms with E-state index in [-0.39, 0.29) is 30.2 Å². The number of anilines is 2. The molecule has 0 atom stereocenters. The molecule has 0 bridgehead atoms. The number of carbonyl (C=O) groups is 2. The van der Waals surface area contributed by atoms with Crippen LogP contribution >= 0.6 is 0 Å². The van der Waals surface area contributed by atoms with Crippen molar-refractivity contribution < 1.29 is 9.59 Å². The number of urea groups is 1. The van der Waals surface area contributed by atoms with Gasteiger partial charge in [-0.3, -0.25) is 30.0 Å². The van der Waals surface area contributed by atoms with Gasteiger partial charge in [0.2, 0.25) is 11.7 Å². The minimum Gasteiger partial charge on any atom is -0.397 e. The van der Waals surface area contributed by atoms with Crippen LogP contribution in [-0.2, 0) is 17.9 Å². The number of nitrogens with zero attached hydrogens (tertiary/aromatic N) is 3. The number of carbonyl (C=O) groups excluding carboxylic acids is 2. The van der Waals surface area contributed by atoms with Crippen LogP contribution in [0.25, 0.3) is 0 Å². The largest absolute Gasteiger partial charge is 0.397 e. The summed E-state index contributed by atoms with van der Waals surface area (Å²) in [6.45, 7) is 10.1. The summed E-state index contributed by atoms with van der Waals surface area (Å²) in [4.78, 5) is 45.3. The summed E-state index contributed by atoms with van der Waals surface area (Å²) in [5.74, 6) is -0.484. The molecule has 32 heavy (non-hydrogen) atoms. The fourth-order valence-electron chi connectivity index (χ4n) is 2.71. The molecule has 11 nitrogen and oxygen atoms in total. The Bertz CT molecular complexity index is 1030. The molecule has 2 rings (SSSR count). The van der Waals surface area contributed by atoms with Crippen molar-refractivity contribution in [2.45, 2.75) is 54.1 Å². The molecular formula is C21H32N8O3. The first-order chi connectivity index (χ1) is 15.0. The van der Waals surface area contributed by atoms with Crippen LogP contribution in [0.2, 0.25) is 0 Å². The van der Waals surface area contributed by atoms with Crippen molar-refractivity contribution in [2.75, 3.05) is 17.7 Å². The number of hydrogen-bond acceptors (Lipinski definition) is 7. The first kappa shape index (κ1) is 24.6. The lowest BCUT2D eigenvalue weighted by atomic mass is 9.92. The molecule has 0 spiro atoms. The Morgan fingerprint density at radius 1 is 1.16 bits per heavy atom. The monoisotopic (exact) mass is 444 g/mol. The highest BCUT2D eigenvalue weighted by molar-refractivity contribution is 5.76. The summed E-state index contributed by atoms with van der Waals surface area (Å²) in [5.41, 5.74) is 12.6. The maximum atomic E-state index is 12.7. The first-order valence-electron chi connectivity index (χ1n) is 10.3. The van der Waals surface area contributed by atoms with Crippen molar-refractivity contribution in [3.8, 4) is 0 Å². The molecule has 0 aliphatic heterocycles. The second kappa shape index (κ2) is 10.6. The zero-order valence-electron chi connectivity index (χ0n) is 19.2. The third-order valence-corrected chi connectivity index (χ3v) is 4.61. The Balaban J connectivity index is 1.95. The average molecular weight is 445 g/mol. The molecule has 2 heterocycles. The van der Waals surface area contributed by atoms with Gasteiger partial charge in [0.05, 0.1) is 17.9 Å². The maximum absolute atomic E-state index is 12.7. The third kappa shape index (κ3) is 7.56. The number of aromatic nitrogens is 3. The number of nitrogen functional groups attached to an aromatic ring is 1. The number of nitrogens with one attached hydrogen (secondary N) is 4. The molecular weight excluding hydrogens is 412 g/mol. The van der Waals surface area contributed by atoms with E-state index in [0.717, 1.165) is 12.1 Å². The molecule has 11 heteroatoms. The zero-order valence-corrected chi connectivity index (χ0v) is 19.2. The second-order valence-corrected chi connectivity index (χ2v) is 8.72. The lowest BCUT2D eigenvalue weighted by Gasteiger charge is -2.18. The lowest BCUT2D eigenvalue weighted by Crippen LogP contribution is -2.42. The normalized spacial score (nSPS) is 11.0. The molecule has 0 aromatic carbocycles. The Kier molecular flexibility index (Phi) is 8.16. The van der Waals surface area contributed by atoms with Gasteiger partial charge in [-0.25, -0.2) is 9.78 Å². The van der Waals surface area contributed by atoms with E-state index in [1.54, 1.807) is 19.1 Å². The molecule has 0 saturated carbocycles. The van der Waals surface area contributed by atoms with E-state index in [1.807, 2.05) is 6.92 Å². The molecule has 0 fully saturated rings. The number of hydrogen-bond donors (Lipinski definition) is 5. The van der Waals surface area contributed by atoms with Crippen LogP contribution in [0.15, 0.2) is 23.1 Å². The standard InChI is InChI=1S/C21H32N8O3/c1-13-6-7-15(22)16(26-13)11-24-17(30)12-29-14(2)10-25-18(19(29)31)27-28-20(32)23-9-8-21(3,4)5/h6-7,10H,8-9,11-12,22H2,1-5H3,(H,24,30)(H,25,27)(H2,23,28,32). The summed E-state index contributed by atoms with van der Waals surface area (Å²) in [5, 5.41) is 5.41. The van der Waals surface area contributed by atoms with E-state index in [4.69, 9.17) is 5.73 Å². The highest BCUT2D eigenvalue weighted by atomic mass is 16.2. The molecule has 6 N–H and O–H groups in total. The minimum atomic E-state index is -0.539. The van der Waals surface area contributed by atoms with Gasteiger partial charge in [0, 0.05) is 24.1 Å². The van der Waals surface area contributed by atoms with E-state index >= 15 is 0 Å². The number of aryl methyl sites for hydroxylation is 2. The Labute approximate surface area is 187 Å². The summed E-state index contributed by atoms with van der Waals surface area (Å²) < 4.78 is 1.26. The van der Waals surface area contributed by atoms with Crippen molar-refractivity contribution in [1.29, 1.82) is 0 Å². The SMILES string of the molecule is Cc1ccc(N)c(CNC(=O)Cn2c(C)cnc(NNC(=O)NCCC(C)(C)C)c2=O)n1. The molecule has 0 unspecified atom stereocenters. The van der Waals surface area contributed by atoms with E-state index in [0.29, 0.717) is 23.6 Å². The smallest absolute Gasteiger partial charge is 0.333 e. The van der Waals surface area contributed by atoms with Crippen molar-refractivity contribution in [3.05, 3.63) is 45.8 Å². The van der Waals surface area contributed by atoms with Gasteiger partial charge < -0.3 is 16.4 Å². The molecule has 174 valence electrons. The predicted molar refractivity (Wildman–Crippen MR) is 123 cm³/mol. The van der Waals surface area contributed by atoms with Crippen molar-refractivity contribution in [3.63, 3.8) is 0 Å². The summed E-state index contributed by atoms with van der Waals surface area (Å²) in [6.07, 6.45) is 2.24. The topological polar surface area (TPSA) is 156 Å². The number of hydrazine groups is 1. The van der Waals surface area contributed by atoms with Gasteiger partial charge in [-0.2, -0.15) is 0 Å². The Hall–Kier alpha value is -3.63. The fraction of sp³-hybridized carbons (Fsp3) is 0.476. The molecule has 2 aromatic rings. The Morgan fingerprint density at radius 3 is 2.56 bits per heavy atom. The molecule has 0 radical (unpaired) electrons. The summed E-state index contributed by atoms with van der Waals surface area (Å²) in [6, 6.07) is 3.03. The van der Waals surface area contributed by atoms with Crippen LogP contribution in [0.5, 0.6) is 0 Å². The number of amides is 3. The maximum Gasteiger partial charge on any atom is 0.333 e. The summed E-state index contributed by atoms with van der Waals surface area (Å²) in [7, 11) is 0. The van der Waals surface area contributed by atoms with Crippen LogP contribution in [0.4, 0.5) is 16.3 Å². The zero-order chi connectivity index (χ0) is 23.9. The van der Waals surface area contributed by atoms with Gasteiger partial charge in [0.15, 0.2) is 0 Å². The van der Waals surface area contributed by atoms with E-state index in [2.05, 4.69) is 52.2 Å². The van der Waals surface area contributed by atoms with E-state index < -0.39 is 11.6 Å². The average Bonchev–Trinajstić information content (AvgIpc) is 2.70. The molecule has 3 amide bonds. The van der Waals surface area contributed by atoms with Crippen molar-refractivity contribution >= 4 is 23.4 Å². The minimum absolute atomic E-state index is 0.0919. The quantitative estimate of drug-likeness (QED) is 0.383.